The Bertz CT molecular complexity index is 378. The van der Waals surface area contributed by atoms with Crippen molar-refractivity contribution in [3.63, 3.8) is 0 Å². The van der Waals surface area contributed by atoms with Gasteiger partial charge in [-0.15, -0.1) is 0 Å². The van der Waals surface area contributed by atoms with Gasteiger partial charge < -0.3 is 5.73 Å². The summed E-state index contributed by atoms with van der Waals surface area (Å²) in [4.78, 5) is 7.37. The molecule has 0 saturated carbocycles. The molecule has 1 aromatic rings. The van der Waals surface area contributed by atoms with Crippen LogP contribution in [0.25, 0.3) is 0 Å². The maximum Gasteiger partial charge on any atom is 0.236 e. The van der Waals surface area contributed by atoms with Crippen molar-refractivity contribution in [2.45, 2.75) is 12.2 Å². The van der Waals surface area contributed by atoms with E-state index in [0.717, 1.165) is 0 Å². The Hall–Kier alpha value is -1.21. The molecule has 0 radical (unpaired) electrons. The minimum atomic E-state index is -3.42. The van der Waals surface area contributed by atoms with Crippen LogP contribution in [0.1, 0.15) is 6.92 Å². The Morgan fingerprint density at radius 1 is 1.50 bits per heavy atom. The second kappa shape index (κ2) is 4.34. The largest absolute Gasteiger partial charge is 0.329 e. The summed E-state index contributed by atoms with van der Waals surface area (Å²) in [5.41, 5.74) is 5.60. The van der Waals surface area contributed by atoms with Gasteiger partial charge in [-0.25, -0.2) is 18.4 Å². The van der Waals surface area contributed by atoms with Gasteiger partial charge in [-0.1, -0.05) is 0 Å². The van der Waals surface area contributed by atoms with Crippen molar-refractivity contribution >= 4 is 15.7 Å². The van der Waals surface area contributed by atoms with Gasteiger partial charge in [0.05, 0.1) is 23.3 Å². The molecule has 78 valence electrons. The Morgan fingerprint density at radius 3 is 2.57 bits per heavy atom. The molecule has 3 N–H and O–H groups in total. The Morgan fingerprint density at radius 2 is 2.07 bits per heavy atom. The quantitative estimate of drug-likeness (QED) is 0.711. The van der Waals surface area contributed by atoms with Crippen molar-refractivity contribution in [3.05, 3.63) is 18.7 Å². The van der Waals surface area contributed by atoms with Crippen molar-refractivity contribution in [2.24, 2.45) is 5.73 Å². The van der Waals surface area contributed by atoms with Crippen molar-refractivity contribution in [2.75, 3.05) is 11.3 Å². The Labute approximate surface area is 82.6 Å². The molecule has 0 saturated heterocycles. The van der Waals surface area contributed by atoms with Crippen LogP contribution < -0.4 is 10.5 Å². The van der Waals surface area contributed by atoms with Crippen molar-refractivity contribution in [1.82, 2.24) is 9.97 Å². The number of nitrogens with one attached hydrogen (secondary N) is 1. The lowest BCUT2D eigenvalue weighted by Gasteiger charge is -2.11. The molecule has 0 aliphatic rings. The first-order valence-electron chi connectivity index (χ1n) is 4.03. The van der Waals surface area contributed by atoms with E-state index in [1.54, 1.807) is 0 Å². The zero-order chi connectivity index (χ0) is 10.6. The van der Waals surface area contributed by atoms with Crippen LogP contribution in [0.5, 0.6) is 0 Å². The van der Waals surface area contributed by atoms with Gasteiger partial charge in [-0.05, 0) is 6.92 Å². The molecule has 0 spiro atoms. The lowest BCUT2D eigenvalue weighted by Crippen LogP contribution is -2.31. The molecule has 1 atom stereocenters. The van der Waals surface area contributed by atoms with Crippen LogP contribution in [0.2, 0.25) is 0 Å². The van der Waals surface area contributed by atoms with Crippen LogP contribution in [0.4, 0.5) is 5.69 Å². The van der Waals surface area contributed by atoms with Crippen LogP contribution >= 0.6 is 0 Å². The molecule has 0 amide bonds. The van der Waals surface area contributed by atoms with E-state index in [1.165, 1.54) is 25.6 Å². The average molecular weight is 216 g/mol. The third-order valence-corrected chi connectivity index (χ3v) is 3.45. The summed E-state index contributed by atoms with van der Waals surface area (Å²) in [7, 11) is -3.42. The van der Waals surface area contributed by atoms with Crippen LogP contribution in [0, 0.1) is 0 Å². The van der Waals surface area contributed by atoms with Gasteiger partial charge in [-0.2, -0.15) is 0 Å². The maximum absolute atomic E-state index is 11.5. The lowest BCUT2D eigenvalue weighted by molar-refractivity contribution is 0.589. The highest BCUT2D eigenvalue weighted by molar-refractivity contribution is 7.93. The smallest absolute Gasteiger partial charge is 0.236 e. The minimum absolute atomic E-state index is 0.0724. The molecular weight excluding hydrogens is 204 g/mol. The van der Waals surface area contributed by atoms with Gasteiger partial charge in [0, 0.05) is 6.54 Å². The normalized spacial score (nSPS) is 13.6. The molecule has 0 aromatic carbocycles. The molecule has 0 aliphatic carbocycles. The van der Waals surface area contributed by atoms with Gasteiger partial charge in [0.15, 0.2) is 0 Å². The first-order chi connectivity index (χ1) is 6.56. The van der Waals surface area contributed by atoms with Gasteiger partial charge in [0.25, 0.3) is 0 Å². The number of nitrogens with zero attached hydrogens (tertiary/aromatic N) is 2. The van der Waals surface area contributed by atoms with E-state index in [4.69, 9.17) is 5.73 Å². The van der Waals surface area contributed by atoms with Crippen molar-refractivity contribution < 1.29 is 8.42 Å². The van der Waals surface area contributed by atoms with Crippen molar-refractivity contribution in [3.8, 4) is 0 Å². The second-order valence-corrected chi connectivity index (χ2v) is 4.92. The summed E-state index contributed by atoms with van der Waals surface area (Å²) in [6, 6.07) is 0. The fourth-order valence-electron chi connectivity index (χ4n) is 0.743. The summed E-state index contributed by atoms with van der Waals surface area (Å²) >= 11 is 0. The predicted octanol–water partition coefficient (Wildman–Crippen LogP) is -0.434. The first-order valence-corrected chi connectivity index (χ1v) is 5.57. The second-order valence-electron chi connectivity index (χ2n) is 2.82. The SMILES string of the molecule is CC(CN)S(=O)(=O)Nc1cncnc1. The standard InChI is InChI=1S/C7H12N4O2S/c1-6(2-8)14(12,13)11-7-3-9-5-10-4-7/h3-6,11H,2,8H2,1H3. The summed E-state index contributed by atoms with van der Waals surface area (Å²) in [6.45, 7) is 1.61. The van der Waals surface area contributed by atoms with Crippen LogP contribution in [0.3, 0.4) is 0 Å². The van der Waals surface area contributed by atoms with E-state index in [9.17, 15) is 8.42 Å². The lowest BCUT2D eigenvalue weighted by atomic mass is 10.5. The maximum atomic E-state index is 11.5. The fourth-order valence-corrected chi connectivity index (χ4v) is 1.63. The van der Waals surface area contributed by atoms with E-state index in [0.29, 0.717) is 5.69 Å². The number of hydrogen-bond acceptors (Lipinski definition) is 5. The molecule has 1 heterocycles. The van der Waals surface area contributed by atoms with Gasteiger partial charge in [-0.3, -0.25) is 4.72 Å². The number of nitrogens with two attached hydrogens (primary N) is 1. The first kappa shape index (κ1) is 10.9. The number of hydrogen-bond donors (Lipinski definition) is 2. The monoisotopic (exact) mass is 216 g/mol. The molecule has 14 heavy (non-hydrogen) atoms. The third-order valence-electron chi connectivity index (χ3n) is 1.68. The van der Waals surface area contributed by atoms with Crippen LogP contribution in [0.15, 0.2) is 18.7 Å². The summed E-state index contributed by atoms with van der Waals surface area (Å²) in [5.74, 6) is 0. The molecule has 7 heteroatoms. The Kier molecular flexibility index (Phi) is 3.37. The highest BCUT2D eigenvalue weighted by Crippen LogP contribution is 2.07. The molecule has 0 fully saturated rings. The van der Waals surface area contributed by atoms with Crippen LogP contribution in [-0.2, 0) is 10.0 Å². The summed E-state index contributed by atoms with van der Waals surface area (Å²) in [5, 5.41) is -0.636. The van der Waals surface area contributed by atoms with Gasteiger partial charge >= 0.3 is 0 Å². The molecule has 0 bridgehead atoms. The fraction of sp³-hybridized carbons (Fsp3) is 0.429. The van der Waals surface area contributed by atoms with E-state index < -0.39 is 15.3 Å². The number of aromatic nitrogens is 2. The molecule has 0 aliphatic heterocycles. The van der Waals surface area contributed by atoms with E-state index in [2.05, 4.69) is 14.7 Å². The third kappa shape index (κ3) is 2.64. The molecule has 6 nitrogen and oxygen atoms in total. The van der Waals surface area contributed by atoms with E-state index in [-0.39, 0.29) is 6.54 Å². The highest BCUT2D eigenvalue weighted by Gasteiger charge is 2.18. The summed E-state index contributed by atoms with van der Waals surface area (Å²) in [6.07, 6.45) is 4.09. The number of sulfonamides is 1. The van der Waals surface area contributed by atoms with Crippen LogP contribution in [-0.4, -0.2) is 30.2 Å². The zero-order valence-corrected chi connectivity index (χ0v) is 8.53. The number of rotatable bonds is 4. The predicted molar refractivity (Wildman–Crippen MR) is 53.1 cm³/mol. The minimum Gasteiger partial charge on any atom is -0.329 e. The molecule has 1 unspecified atom stereocenters. The Balaban J connectivity index is 2.79. The molecule has 1 rings (SSSR count). The number of anilines is 1. The average Bonchev–Trinajstić information content (AvgIpc) is 2.17. The molecular formula is C7H12N4O2S. The molecule has 1 aromatic heterocycles. The van der Waals surface area contributed by atoms with Gasteiger partial charge in [0.2, 0.25) is 10.0 Å². The van der Waals surface area contributed by atoms with Gasteiger partial charge in [0.1, 0.15) is 6.33 Å². The highest BCUT2D eigenvalue weighted by atomic mass is 32.2. The zero-order valence-electron chi connectivity index (χ0n) is 7.71. The topological polar surface area (TPSA) is 98.0 Å². The van der Waals surface area contributed by atoms with E-state index >= 15 is 0 Å². The summed E-state index contributed by atoms with van der Waals surface area (Å²) < 4.78 is 25.3. The van der Waals surface area contributed by atoms with E-state index in [1.807, 2.05) is 0 Å². The van der Waals surface area contributed by atoms with Crippen molar-refractivity contribution in [1.29, 1.82) is 0 Å².